The zero-order chi connectivity index (χ0) is 38.6. The van der Waals surface area contributed by atoms with Crippen LogP contribution in [0.2, 0.25) is 0 Å². The molecule has 0 unspecified atom stereocenters. The minimum absolute atomic E-state index is 0.155. The molecule has 2 heterocycles. The van der Waals surface area contributed by atoms with Crippen LogP contribution in [0, 0.1) is 0 Å². The Bertz CT molecular complexity index is 3100. The van der Waals surface area contributed by atoms with Crippen molar-refractivity contribution in [2.45, 2.75) is 24.7 Å². The Hall–Kier alpha value is -7.23. The molecule has 0 saturated carbocycles. The van der Waals surface area contributed by atoms with Crippen LogP contribution in [0.1, 0.15) is 47.2 Å². The maximum atomic E-state index is 5.52. The minimum Gasteiger partial charge on any atom is -0.208 e. The van der Waals surface area contributed by atoms with Crippen molar-refractivity contribution in [3.8, 4) is 78.7 Å². The zero-order valence-electron chi connectivity index (χ0n) is 32.2. The molecule has 3 heteroatoms. The smallest absolute Gasteiger partial charge is 0.164 e. The summed E-state index contributed by atoms with van der Waals surface area (Å²) >= 11 is 0. The number of benzene rings is 8. The van der Waals surface area contributed by atoms with E-state index in [2.05, 4.69) is 202 Å². The Labute approximate surface area is 338 Å². The summed E-state index contributed by atoms with van der Waals surface area (Å²) in [5, 5.41) is 0. The molecule has 58 heavy (non-hydrogen) atoms. The summed E-state index contributed by atoms with van der Waals surface area (Å²) in [6.07, 6.45) is 0. The van der Waals surface area contributed by atoms with E-state index in [1.807, 2.05) is 0 Å². The van der Waals surface area contributed by atoms with Crippen molar-refractivity contribution in [1.29, 1.82) is 0 Å². The van der Waals surface area contributed by atoms with Crippen molar-refractivity contribution >= 4 is 0 Å². The molecule has 12 rings (SSSR count). The van der Waals surface area contributed by atoms with E-state index in [0.717, 1.165) is 27.8 Å². The first kappa shape index (κ1) is 33.0. The van der Waals surface area contributed by atoms with E-state index in [-0.39, 0.29) is 5.41 Å². The highest BCUT2D eigenvalue weighted by molar-refractivity contribution is 5.98. The third kappa shape index (κ3) is 4.47. The van der Waals surface area contributed by atoms with Crippen molar-refractivity contribution in [1.82, 2.24) is 15.0 Å². The maximum absolute atomic E-state index is 5.52. The Morgan fingerprint density at radius 3 is 1.47 bits per heavy atom. The summed E-state index contributed by atoms with van der Waals surface area (Å²) in [6.45, 7) is 4.64. The lowest BCUT2D eigenvalue weighted by Crippen LogP contribution is -2.28. The van der Waals surface area contributed by atoms with Crippen LogP contribution in [-0.4, -0.2) is 15.0 Å². The van der Waals surface area contributed by atoms with Crippen molar-refractivity contribution in [2.75, 3.05) is 0 Å². The molecular weight excluding hydrogens is 703 g/mol. The van der Waals surface area contributed by atoms with Gasteiger partial charge in [-0.3, -0.25) is 0 Å². The van der Waals surface area contributed by atoms with Gasteiger partial charge in [0.1, 0.15) is 0 Å². The van der Waals surface area contributed by atoms with E-state index in [4.69, 9.17) is 15.0 Å². The molecule has 8 aromatic carbocycles. The molecule has 272 valence electrons. The highest BCUT2D eigenvalue weighted by Crippen LogP contribution is 2.59. The first-order valence-electron chi connectivity index (χ1n) is 20.1. The molecule has 1 aromatic heterocycles. The number of nitrogens with zero attached hydrogens (tertiary/aromatic N) is 3. The molecule has 0 atom stereocenters. The number of hydrogen-bond donors (Lipinski definition) is 0. The van der Waals surface area contributed by atoms with Crippen LogP contribution in [0.3, 0.4) is 0 Å². The quantitative estimate of drug-likeness (QED) is 0.181. The van der Waals surface area contributed by atoms with Gasteiger partial charge in [0.05, 0.1) is 5.41 Å². The van der Waals surface area contributed by atoms with Crippen molar-refractivity contribution in [3.63, 3.8) is 0 Å². The molecule has 0 saturated heterocycles. The summed E-state index contributed by atoms with van der Waals surface area (Å²) < 4.78 is 0. The van der Waals surface area contributed by atoms with Gasteiger partial charge in [-0.15, -0.1) is 0 Å². The first-order chi connectivity index (χ1) is 28.5. The largest absolute Gasteiger partial charge is 0.208 e. The minimum atomic E-state index is -0.573. The lowest BCUT2D eigenvalue weighted by Gasteiger charge is -2.34. The van der Waals surface area contributed by atoms with Crippen LogP contribution >= 0.6 is 0 Å². The summed E-state index contributed by atoms with van der Waals surface area (Å²) in [4.78, 5) is 16.3. The van der Waals surface area contributed by atoms with Gasteiger partial charge in [-0.2, -0.15) is 0 Å². The summed E-state index contributed by atoms with van der Waals surface area (Å²) in [6, 6.07) is 68.7. The highest BCUT2D eigenvalue weighted by Gasteiger charge is 2.47. The fourth-order valence-corrected chi connectivity index (χ4v) is 10.4. The second kappa shape index (κ2) is 12.1. The molecule has 0 radical (unpaired) electrons. The molecule has 1 aliphatic heterocycles. The lowest BCUT2D eigenvalue weighted by atomic mass is 9.67. The maximum Gasteiger partial charge on any atom is 0.164 e. The van der Waals surface area contributed by atoms with Gasteiger partial charge >= 0.3 is 0 Å². The van der Waals surface area contributed by atoms with Gasteiger partial charge in [-0.05, 0) is 90.0 Å². The molecule has 3 aliphatic rings. The molecule has 0 N–H and O–H groups in total. The van der Waals surface area contributed by atoms with Gasteiger partial charge in [0.15, 0.2) is 17.5 Å². The Morgan fingerprint density at radius 1 is 0.310 bits per heavy atom. The van der Waals surface area contributed by atoms with Crippen molar-refractivity contribution in [2.24, 2.45) is 0 Å². The van der Waals surface area contributed by atoms with Gasteiger partial charge in [0.2, 0.25) is 0 Å². The average Bonchev–Trinajstić information content (AvgIpc) is 3.72. The standard InChI is InChI=1S/C55H37N3/c1-54(2)45-27-12-11-24-41(45)49-42(25-14-28-47(49)54)52-56-51-36-17-13-16-34(32-36)39-22-9-10-23-40(39)35-30-31-46-44(33-35)50-43(53(57-51)58-52)26-15-29-48(50)55(46,37-18-5-3-6-19-37)38-20-7-4-8-21-38/h3-33H,1-2H3. The van der Waals surface area contributed by atoms with Crippen LogP contribution in [-0.2, 0) is 10.8 Å². The first-order valence-corrected chi connectivity index (χ1v) is 20.1. The van der Waals surface area contributed by atoms with E-state index >= 15 is 0 Å². The molecule has 6 bridgehead atoms. The van der Waals surface area contributed by atoms with Gasteiger partial charge in [-0.25, -0.2) is 15.0 Å². The second-order valence-electron chi connectivity index (χ2n) is 16.3. The van der Waals surface area contributed by atoms with Crippen LogP contribution in [0.15, 0.2) is 188 Å². The monoisotopic (exact) mass is 739 g/mol. The average molecular weight is 740 g/mol. The number of rotatable bonds is 3. The Morgan fingerprint density at radius 2 is 0.793 bits per heavy atom. The topological polar surface area (TPSA) is 38.7 Å². The van der Waals surface area contributed by atoms with Crippen LogP contribution in [0.4, 0.5) is 0 Å². The third-order valence-electron chi connectivity index (χ3n) is 13.0. The van der Waals surface area contributed by atoms with Gasteiger partial charge < -0.3 is 0 Å². The van der Waals surface area contributed by atoms with E-state index in [0.29, 0.717) is 17.5 Å². The zero-order valence-corrected chi connectivity index (χ0v) is 32.2. The van der Waals surface area contributed by atoms with E-state index in [1.165, 1.54) is 66.8 Å². The van der Waals surface area contributed by atoms with Crippen molar-refractivity contribution < 1.29 is 0 Å². The normalized spacial score (nSPS) is 14.3. The molecule has 0 amide bonds. The summed E-state index contributed by atoms with van der Waals surface area (Å²) in [5.41, 5.74) is 19.2. The van der Waals surface area contributed by atoms with Gasteiger partial charge in [0, 0.05) is 22.1 Å². The number of fused-ring (bicyclic) bond motifs is 13. The second-order valence-corrected chi connectivity index (χ2v) is 16.3. The lowest BCUT2D eigenvalue weighted by molar-refractivity contribution is 0.660. The van der Waals surface area contributed by atoms with Crippen LogP contribution < -0.4 is 0 Å². The Balaban J connectivity index is 1.23. The fourth-order valence-electron chi connectivity index (χ4n) is 10.4. The molecular formula is C55H37N3. The molecule has 2 aliphatic carbocycles. The van der Waals surface area contributed by atoms with E-state index in [9.17, 15) is 0 Å². The fraction of sp³-hybridized carbons (Fsp3) is 0.0727. The Kier molecular flexibility index (Phi) is 6.90. The third-order valence-corrected chi connectivity index (χ3v) is 13.0. The highest BCUT2D eigenvalue weighted by atomic mass is 15.0. The summed E-state index contributed by atoms with van der Waals surface area (Å²) in [5.74, 6) is 1.99. The number of hydrogen-bond acceptors (Lipinski definition) is 3. The van der Waals surface area contributed by atoms with E-state index < -0.39 is 5.41 Å². The molecule has 3 nitrogen and oxygen atoms in total. The van der Waals surface area contributed by atoms with E-state index in [1.54, 1.807) is 0 Å². The predicted molar refractivity (Wildman–Crippen MR) is 235 cm³/mol. The SMILES string of the molecule is CC1(C)c2ccccc2-c2c(-c3nc4nc(n3)-c3cccc5c3-c3cc(ccc3C5(c3ccccc3)c3ccccc3)-c3ccccc3-c3cccc-4c3)cccc21. The molecule has 0 fully saturated rings. The summed E-state index contributed by atoms with van der Waals surface area (Å²) in [7, 11) is 0. The molecule has 9 aromatic rings. The van der Waals surface area contributed by atoms with Crippen LogP contribution in [0.25, 0.3) is 78.7 Å². The van der Waals surface area contributed by atoms with Crippen molar-refractivity contribution in [3.05, 3.63) is 221 Å². The van der Waals surface area contributed by atoms with Crippen LogP contribution in [0.5, 0.6) is 0 Å². The van der Waals surface area contributed by atoms with Gasteiger partial charge in [-0.1, -0.05) is 190 Å². The molecule has 0 spiro atoms. The number of aromatic nitrogens is 3. The predicted octanol–water partition coefficient (Wildman–Crippen LogP) is 13.2. The van der Waals surface area contributed by atoms with Gasteiger partial charge in [0.25, 0.3) is 0 Å².